The molecule has 1 saturated heterocycles. The van der Waals surface area contributed by atoms with E-state index >= 15 is 0 Å². The van der Waals surface area contributed by atoms with Crippen molar-refractivity contribution in [2.75, 3.05) is 11.5 Å². The van der Waals surface area contributed by atoms with E-state index in [2.05, 4.69) is 15.6 Å². The monoisotopic (exact) mass is 320 g/mol. The molecule has 7 nitrogen and oxygen atoms in total. The van der Waals surface area contributed by atoms with Crippen molar-refractivity contribution in [1.29, 1.82) is 0 Å². The van der Waals surface area contributed by atoms with Crippen LogP contribution in [0.4, 0.5) is 0 Å². The lowest BCUT2D eigenvalue weighted by atomic mass is 10.2. The van der Waals surface area contributed by atoms with Crippen LogP contribution in [0, 0.1) is 0 Å². The summed E-state index contributed by atoms with van der Waals surface area (Å²) < 4.78 is 24.3. The number of sulfone groups is 1. The minimum atomic E-state index is -3.01. The van der Waals surface area contributed by atoms with Crippen LogP contribution < -0.4 is 5.32 Å². The smallest absolute Gasteiger partial charge is 0.273 e. The molecule has 1 N–H and O–H groups in total. The lowest BCUT2D eigenvalue weighted by Gasteiger charge is -2.08. The van der Waals surface area contributed by atoms with Crippen molar-refractivity contribution in [3.8, 4) is 0 Å². The molecule has 1 unspecified atom stereocenters. The minimum Gasteiger partial charge on any atom is -0.347 e. The van der Waals surface area contributed by atoms with E-state index in [4.69, 9.17) is 0 Å². The van der Waals surface area contributed by atoms with Crippen LogP contribution >= 0.6 is 0 Å². The van der Waals surface area contributed by atoms with E-state index in [-0.39, 0.29) is 29.1 Å². The first-order valence-corrected chi connectivity index (χ1v) is 8.79. The van der Waals surface area contributed by atoms with E-state index in [1.165, 1.54) is 0 Å². The van der Waals surface area contributed by atoms with E-state index < -0.39 is 9.84 Å². The fourth-order valence-electron chi connectivity index (χ4n) is 2.42. The zero-order valence-corrected chi connectivity index (χ0v) is 12.7. The quantitative estimate of drug-likeness (QED) is 0.871. The van der Waals surface area contributed by atoms with Crippen molar-refractivity contribution in [3.63, 3.8) is 0 Å². The highest BCUT2D eigenvalue weighted by atomic mass is 32.2. The lowest BCUT2D eigenvalue weighted by Crippen LogP contribution is -2.35. The Morgan fingerprint density at radius 1 is 1.32 bits per heavy atom. The number of nitrogens with zero attached hydrogens (tertiary/aromatic N) is 3. The third-order valence-corrected chi connectivity index (χ3v) is 5.29. The Kier molecular flexibility index (Phi) is 3.93. The predicted molar refractivity (Wildman–Crippen MR) is 80.1 cm³/mol. The van der Waals surface area contributed by atoms with Gasteiger partial charge in [-0.15, -0.1) is 5.10 Å². The summed E-state index contributed by atoms with van der Waals surface area (Å²) in [6, 6.07) is 9.38. The van der Waals surface area contributed by atoms with Gasteiger partial charge in [0.2, 0.25) is 0 Å². The first-order chi connectivity index (χ1) is 10.5. The van der Waals surface area contributed by atoms with Gasteiger partial charge in [-0.3, -0.25) is 4.79 Å². The second-order valence-corrected chi connectivity index (χ2v) is 7.59. The van der Waals surface area contributed by atoms with Crippen LogP contribution in [0.1, 0.15) is 22.5 Å². The summed E-state index contributed by atoms with van der Waals surface area (Å²) in [6.45, 7) is 0.527. The Bertz CT molecular complexity index is 770. The maximum absolute atomic E-state index is 12.1. The molecule has 0 radical (unpaired) electrons. The number of benzene rings is 1. The van der Waals surface area contributed by atoms with Gasteiger partial charge in [-0.05, 0) is 12.0 Å². The van der Waals surface area contributed by atoms with Crippen LogP contribution in [0.5, 0.6) is 0 Å². The highest BCUT2D eigenvalue weighted by Gasteiger charge is 2.29. The van der Waals surface area contributed by atoms with Crippen LogP contribution in [0.25, 0.3) is 0 Å². The van der Waals surface area contributed by atoms with Gasteiger partial charge in [0.1, 0.15) is 0 Å². The standard InChI is InChI=1S/C14H16N4O3S/c19-14(15-12-6-7-22(20,21)10-12)13-9-18(17-16-13)8-11-4-2-1-3-5-11/h1-5,9,12H,6-8,10H2,(H,15,19). The van der Waals surface area contributed by atoms with Gasteiger partial charge in [0, 0.05) is 6.04 Å². The Morgan fingerprint density at radius 2 is 2.09 bits per heavy atom. The molecule has 22 heavy (non-hydrogen) atoms. The molecule has 116 valence electrons. The number of aromatic nitrogens is 3. The van der Waals surface area contributed by atoms with Crippen LogP contribution in [-0.2, 0) is 16.4 Å². The number of nitrogens with one attached hydrogen (secondary N) is 1. The number of amides is 1. The molecule has 1 aromatic carbocycles. The van der Waals surface area contributed by atoms with Crippen LogP contribution in [0.15, 0.2) is 36.5 Å². The fourth-order valence-corrected chi connectivity index (χ4v) is 4.09. The summed E-state index contributed by atoms with van der Waals surface area (Å²) in [6.07, 6.45) is 2.01. The van der Waals surface area contributed by atoms with Crippen LogP contribution in [-0.4, -0.2) is 46.9 Å². The van der Waals surface area contributed by atoms with E-state index in [9.17, 15) is 13.2 Å². The Labute approximate surface area is 128 Å². The molecule has 3 rings (SSSR count). The second kappa shape index (κ2) is 5.88. The molecule has 1 aromatic heterocycles. The first kappa shape index (κ1) is 14.7. The minimum absolute atomic E-state index is 0.00308. The highest BCUT2D eigenvalue weighted by molar-refractivity contribution is 7.91. The fraction of sp³-hybridized carbons (Fsp3) is 0.357. The van der Waals surface area contributed by atoms with Crippen LogP contribution in [0.2, 0.25) is 0 Å². The Hall–Kier alpha value is -2.22. The Balaban J connectivity index is 1.62. The SMILES string of the molecule is O=C(NC1CCS(=O)(=O)C1)c1cn(Cc2ccccc2)nn1. The average molecular weight is 320 g/mol. The molecular formula is C14H16N4O3S. The van der Waals surface area contributed by atoms with Gasteiger partial charge >= 0.3 is 0 Å². The van der Waals surface area contributed by atoms with E-state index in [1.807, 2.05) is 30.3 Å². The maximum atomic E-state index is 12.1. The number of hydrogen-bond donors (Lipinski definition) is 1. The van der Waals surface area contributed by atoms with Crippen molar-refractivity contribution >= 4 is 15.7 Å². The molecule has 2 heterocycles. The third kappa shape index (κ3) is 3.51. The van der Waals surface area contributed by atoms with E-state index in [0.717, 1.165) is 5.56 Å². The van der Waals surface area contributed by atoms with Gasteiger partial charge in [0.25, 0.3) is 5.91 Å². The first-order valence-electron chi connectivity index (χ1n) is 6.97. The molecular weight excluding hydrogens is 304 g/mol. The average Bonchev–Trinajstić information content (AvgIpc) is 3.07. The molecule has 2 aromatic rings. The molecule has 0 saturated carbocycles. The molecule has 8 heteroatoms. The third-order valence-electron chi connectivity index (χ3n) is 3.53. The summed E-state index contributed by atoms with van der Waals surface area (Å²) in [5, 5.41) is 10.5. The molecule has 0 aliphatic carbocycles. The molecule has 1 aliphatic rings. The Morgan fingerprint density at radius 3 is 2.77 bits per heavy atom. The predicted octanol–water partition coefficient (Wildman–Crippen LogP) is 0.243. The van der Waals surface area contributed by atoms with Crippen molar-refractivity contribution in [2.24, 2.45) is 0 Å². The zero-order chi connectivity index (χ0) is 15.6. The lowest BCUT2D eigenvalue weighted by molar-refractivity contribution is 0.0936. The van der Waals surface area contributed by atoms with Crippen molar-refractivity contribution < 1.29 is 13.2 Å². The molecule has 0 bridgehead atoms. The van der Waals surface area contributed by atoms with Gasteiger partial charge in [-0.1, -0.05) is 35.5 Å². The van der Waals surface area contributed by atoms with Gasteiger partial charge < -0.3 is 5.32 Å². The molecule has 0 spiro atoms. The van der Waals surface area contributed by atoms with Crippen molar-refractivity contribution in [1.82, 2.24) is 20.3 Å². The summed E-state index contributed by atoms with van der Waals surface area (Å²) in [4.78, 5) is 12.1. The molecule has 1 amide bonds. The number of rotatable bonds is 4. The van der Waals surface area contributed by atoms with Crippen molar-refractivity contribution in [3.05, 3.63) is 47.8 Å². The van der Waals surface area contributed by atoms with Gasteiger partial charge in [-0.25, -0.2) is 13.1 Å². The molecule has 1 aliphatic heterocycles. The van der Waals surface area contributed by atoms with E-state index in [0.29, 0.717) is 13.0 Å². The maximum Gasteiger partial charge on any atom is 0.273 e. The van der Waals surface area contributed by atoms with Gasteiger partial charge in [0.05, 0.1) is 24.2 Å². The number of hydrogen-bond acceptors (Lipinski definition) is 5. The summed E-state index contributed by atoms with van der Waals surface area (Å²) in [5.74, 6) is -0.267. The van der Waals surface area contributed by atoms with E-state index in [1.54, 1.807) is 10.9 Å². The van der Waals surface area contributed by atoms with Crippen molar-refractivity contribution in [2.45, 2.75) is 19.0 Å². The molecule has 1 atom stereocenters. The normalized spacial score (nSPS) is 19.9. The highest BCUT2D eigenvalue weighted by Crippen LogP contribution is 2.12. The molecule has 1 fully saturated rings. The zero-order valence-electron chi connectivity index (χ0n) is 11.8. The topological polar surface area (TPSA) is 94.0 Å². The summed E-state index contributed by atoms with van der Waals surface area (Å²) >= 11 is 0. The number of carbonyl (C=O) groups excluding carboxylic acids is 1. The second-order valence-electron chi connectivity index (χ2n) is 5.36. The largest absolute Gasteiger partial charge is 0.347 e. The van der Waals surface area contributed by atoms with Gasteiger partial charge in [0.15, 0.2) is 15.5 Å². The summed E-state index contributed by atoms with van der Waals surface area (Å²) in [5.41, 5.74) is 1.25. The number of carbonyl (C=O) groups is 1. The van der Waals surface area contributed by atoms with Crippen LogP contribution in [0.3, 0.4) is 0 Å². The summed E-state index contributed by atoms with van der Waals surface area (Å²) in [7, 11) is -3.01. The van der Waals surface area contributed by atoms with Gasteiger partial charge in [-0.2, -0.15) is 0 Å².